The summed E-state index contributed by atoms with van der Waals surface area (Å²) in [6, 6.07) is 12.3. The number of nitrogens with zero attached hydrogens (tertiary/aromatic N) is 2. The summed E-state index contributed by atoms with van der Waals surface area (Å²) in [7, 11) is -3.83. The zero-order chi connectivity index (χ0) is 21.6. The molecule has 0 spiro atoms. The van der Waals surface area contributed by atoms with Crippen LogP contribution >= 0.6 is 0 Å². The maximum Gasteiger partial charge on any atom is 0.271 e. The zero-order valence-electron chi connectivity index (χ0n) is 16.7. The van der Waals surface area contributed by atoms with Crippen molar-refractivity contribution in [2.24, 2.45) is 0 Å². The van der Waals surface area contributed by atoms with E-state index in [9.17, 15) is 23.3 Å². The fraction of sp³-hybridized carbons (Fsp3) is 0.350. The molecule has 0 saturated heterocycles. The SMILES string of the molecule is Cc1cccc(CCCNC(=O)[C@@H](C)N(c2cccc([N+](=O)[O-])c2)S(C)(=O)=O)c1. The van der Waals surface area contributed by atoms with Crippen molar-refractivity contribution in [1.29, 1.82) is 0 Å². The van der Waals surface area contributed by atoms with Crippen LogP contribution in [-0.4, -0.2) is 38.1 Å². The molecule has 8 nitrogen and oxygen atoms in total. The first-order valence-electron chi connectivity index (χ1n) is 9.16. The first-order chi connectivity index (χ1) is 13.6. The van der Waals surface area contributed by atoms with Crippen molar-refractivity contribution in [3.63, 3.8) is 0 Å². The number of benzene rings is 2. The smallest absolute Gasteiger partial charge is 0.271 e. The maximum absolute atomic E-state index is 12.5. The average molecular weight is 420 g/mol. The number of hydrogen-bond acceptors (Lipinski definition) is 5. The summed E-state index contributed by atoms with van der Waals surface area (Å²) in [4.78, 5) is 22.9. The molecule has 2 rings (SSSR count). The van der Waals surface area contributed by atoms with Crippen molar-refractivity contribution in [2.45, 2.75) is 32.7 Å². The van der Waals surface area contributed by atoms with Gasteiger partial charge in [0.1, 0.15) is 6.04 Å². The van der Waals surface area contributed by atoms with Gasteiger partial charge in [-0.05, 0) is 38.3 Å². The van der Waals surface area contributed by atoms with Crippen molar-refractivity contribution in [3.8, 4) is 0 Å². The molecule has 0 heterocycles. The molecule has 0 radical (unpaired) electrons. The molecule has 2 aromatic carbocycles. The molecule has 1 amide bonds. The third kappa shape index (κ3) is 6.28. The Labute approximate surface area is 170 Å². The van der Waals surface area contributed by atoms with E-state index >= 15 is 0 Å². The minimum atomic E-state index is -3.83. The van der Waals surface area contributed by atoms with Gasteiger partial charge in [-0.1, -0.05) is 35.9 Å². The third-order valence-electron chi connectivity index (χ3n) is 4.41. The number of nitrogens with one attached hydrogen (secondary N) is 1. The Morgan fingerprint density at radius 1 is 1.21 bits per heavy atom. The third-order valence-corrected chi connectivity index (χ3v) is 5.65. The molecule has 0 aliphatic rings. The highest BCUT2D eigenvalue weighted by atomic mass is 32.2. The van der Waals surface area contributed by atoms with Crippen molar-refractivity contribution in [3.05, 3.63) is 69.8 Å². The molecule has 0 aromatic heterocycles. The highest BCUT2D eigenvalue weighted by Gasteiger charge is 2.29. The fourth-order valence-electron chi connectivity index (χ4n) is 3.07. The lowest BCUT2D eigenvalue weighted by atomic mass is 10.1. The molecular weight excluding hydrogens is 394 g/mol. The Hall–Kier alpha value is -2.94. The summed E-state index contributed by atoms with van der Waals surface area (Å²) in [5.41, 5.74) is 2.16. The number of nitro benzene ring substituents is 1. The van der Waals surface area contributed by atoms with E-state index in [4.69, 9.17) is 0 Å². The van der Waals surface area contributed by atoms with Crippen LogP contribution in [-0.2, 0) is 21.2 Å². The van der Waals surface area contributed by atoms with Crippen molar-refractivity contribution >= 4 is 27.3 Å². The van der Waals surface area contributed by atoms with Crippen LogP contribution in [0, 0.1) is 17.0 Å². The lowest BCUT2D eigenvalue weighted by Crippen LogP contribution is -2.48. The van der Waals surface area contributed by atoms with E-state index in [1.807, 2.05) is 25.1 Å². The van der Waals surface area contributed by atoms with Crippen LogP contribution in [0.1, 0.15) is 24.5 Å². The number of hydrogen-bond donors (Lipinski definition) is 1. The zero-order valence-corrected chi connectivity index (χ0v) is 17.5. The number of anilines is 1. The van der Waals surface area contributed by atoms with Crippen molar-refractivity contribution in [2.75, 3.05) is 17.1 Å². The Bertz CT molecular complexity index is 991. The summed E-state index contributed by atoms with van der Waals surface area (Å²) in [6.45, 7) is 3.86. The van der Waals surface area contributed by atoms with E-state index in [1.54, 1.807) is 0 Å². The minimum absolute atomic E-state index is 0.0733. The Morgan fingerprint density at radius 2 is 1.90 bits per heavy atom. The summed E-state index contributed by atoms with van der Waals surface area (Å²) < 4.78 is 25.5. The molecule has 0 saturated carbocycles. The van der Waals surface area contributed by atoms with Crippen molar-refractivity contribution in [1.82, 2.24) is 5.32 Å². The van der Waals surface area contributed by atoms with Crippen LogP contribution in [0.4, 0.5) is 11.4 Å². The number of nitro groups is 1. The van der Waals surface area contributed by atoms with E-state index in [0.717, 1.165) is 23.0 Å². The van der Waals surface area contributed by atoms with Gasteiger partial charge in [-0.15, -0.1) is 0 Å². The molecule has 2 aromatic rings. The van der Waals surface area contributed by atoms with Crippen LogP contribution in [0.25, 0.3) is 0 Å². The molecule has 0 aliphatic carbocycles. The molecule has 9 heteroatoms. The molecule has 0 fully saturated rings. The van der Waals surface area contributed by atoms with Gasteiger partial charge in [-0.25, -0.2) is 8.42 Å². The molecule has 1 atom stereocenters. The van der Waals surface area contributed by atoms with Crippen LogP contribution < -0.4 is 9.62 Å². The molecular formula is C20H25N3O5S. The second kappa shape index (κ2) is 9.51. The lowest BCUT2D eigenvalue weighted by molar-refractivity contribution is -0.384. The molecule has 29 heavy (non-hydrogen) atoms. The molecule has 0 bridgehead atoms. The average Bonchev–Trinajstić information content (AvgIpc) is 2.64. The van der Waals surface area contributed by atoms with E-state index in [0.29, 0.717) is 13.0 Å². The molecule has 1 N–H and O–H groups in total. The summed E-state index contributed by atoms with van der Waals surface area (Å²) in [5, 5.41) is 13.7. The minimum Gasteiger partial charge on any atom is -0.354 e. The van der Waals surface area contributed by atoms with Gasteiger partial charge in [0.05, 0.1) is 16.9 Å². The summed E-state index contributed by atoms with van der Waals surface area (Å²) >= 11 is 0. The number of amides is 1. The van der Waals surface area contributed by atoms with Crippen molar-refractivity contribution < 1.29 is 18.1 Å². The second-order valence-corrected chi connectivity index (χ2v) is 8.75. The molecule has 0 unspecified atom stereocenters. The normalized spacial score (nSPS) is 12.2. The first kappa shape index (κ1) is 22.4. The monoisotopic (exact) mass is 419 g/mol. The Balaban J connectivity index is 2.05. The van der Waals surface area contributed by atoms with E-state index in [-0.39, 0.29) is 11.4 Å². The van der Waals surface area contributed by atoms with Crippen LogP contribution in [0.3, 0.4) is 0 Å². The standard InChI is InChI=1S/C20H25N3O5S/c1-15-7-4-8-17(13-15)9-6-12-21-20(24)16(2)22(29(3,27)28)18-10-5-11-19(14-18)23(25)26/h4-5,7-8,10-11,13-14,16H,6,9,12H2,1-3H3,(H,21,24)/t16-/m1/s1. The van der Waals surface area contributed by atoms with Crippen LogP contribution in [0.5, 0.6) is 0 Å². The van der Waals surface area contributed by atoms with E-state index in [2.05, 4.69) is 11.4 Å². The Morgan fingerprint density at radius 3 is 2.52 bits per heavy atom. The van der Waals surface area contributed by atoms with E-state index in [1.165, 1.54) is 36.2 Å². The highest BCUT2D eigenvalue weighted by Crippen LogP contribution is 2.25. The predicted molar refractivity (Wildman–Crippen MR) is 112 cm³/mol. The van der Waals surface area contributed by atoms with Gasteiger partial charge in [0.15, 0.2) is 0 Å². The van der Waals surface area contributed by atoms with Gasteiger partial charge >= 0.3 is 0 Å². The fourth-order valence-corrected chi connectivity index (χ4v) is 4.24. The predicted octanol–water partition coefficient (Wildman–Crippen LogP) is 2.81. The largest absolute Gasteiger partial charge is 0.354 e. The number of aryl methyl sites for hydroxylation is 2. The number of non-ortho nitro benzene ring substituents is 1. The number of carbonyl (C=O) groups excluding carboxylic acids is 1. The first-order valence-corrected chi connectivity index (χ1v) is 11.0. The van der Waals surface area contributed by atoms with Crippen LogP contribution in [0.2, 0.25) is 0 Å². The topological polar surface area (TPSA) is 110 Å². The maximum atomic E-state index is 12.5. The number of rotatable bonds is 9. The summed E-state index contributed by atoms with van der Waals surface area (Å²) in [5.74, 6) is -0.467. The lowest BCUT2D eigenvalue weighted by Gasteiger charge is -2.28. The van der Waals surface area contributed by atoms with Crippen LogP contribution in [0.15, 0.2) is 48.5 Å². The van der Waals surface area contributed by atoms with Gasteiger partial charge in [-0.3, -0.25) is 19.2 Å². The number of carbonyl (C=O) groups is 1. The van der Waals surface area contributed by atoms with Gasteiger partial charge < -0.3 is 5.32 Å². The Kier molecular flexibility index (Phi) is 7.33. The number of sulfonamides is 1. The van der Waals surface area contributed by atoms with Gasteiger partial charge in [0.2, 0.25) is 15.9 Å². The highest BCUT2D eigenvalue weighted by molar-refractivity contribution is 7.92. The molecule has 0 aliphatic heterocycles. The quantitative estimate of drug-likeness (QED) is 0.382. The van der Waals surface area contributed by atoms with Gasteiger partial charge in [0, 0.05) is 18.7 Å². The van der Waals surface area contributed by atoms with Gasteiger partial charge in [0.25, 0.3) is 5.69 Å². The second-order valence-electron chi connectivity index (χ2n) is 6.90. The molecule has 156 valence electrons. The van der Waals surface area contributed by atoms with E-state index < -0.39 is 26.9 Å². The summed E-state index contributed by atoms with van der Waals surface area (Å²) in [6.07, 6.45) is 2.46. The van der Waals surface area contributed by atoms with Gasteiger partial charge in [-0.2, -0.15) is 0 Å².